The minimum atomic E-state index is 0.303. The highest BCUT2D eigenvalue weighted by molar-refractivity contribution is 5.85. The standard InChI is InChI=1S/C17H16N6O/c1-19-16(9-21-11-18)14-5-15(8-20-7-14)23-3-2-13-4-12(10-24)6-22-17(13)23/h2-10,21H,1,11,18H2/b16-9-. The lowest BCUT2D eigenvalue weighted by molar-refractivity contribution is 0.112. The number of aromatic nitrogens is 3. The largest absolute Gasteiger partial charge is 0.377 e. The first-order valence-corrected chi connectivity index (χ1v) is 7.25. The molecule has 0 saturated carbocycles. The molecule has 7 heteroatoms. The van der Waals surface area contributed by atoms with Crippen LogP contribution in [0.1, 0.15) is 15.9 Å². The van der Waals surface area contributed by atoms with Crippen LogP contribution in [-0.2, 0) is 0 Å². The van der Waals surface area contributed by atoms with Gasteiger partial charge in [0.05, 0.1) is 24.2 Å². The molecule has 0 unspecified atom stereocenters. The highest BCUT2D eigenvalue weighted by Crippen LogP contribution is 2.22. The highest BCUT2D eigenvalue weighted by Gasteiger charge is 2.08. The number of nitrogens with two attached hydrogens (primary N) is 1. The molecule has 0 saturated heterocycles. The maximum Gasteiger partial charge on any atom is 0.151 e. The summed E-state index contributed by atoms with van der Waals surface area (Å²) in [5.41, 5.74) is 8.99. The van der Waals surface area contributed by atoms with Crippen molar-refractivity contribution in [2.24, 2.45) is 10.7 Å². The summed E-state index contributed by atoms with van der Waals surface area (Å²) in [4.78, 5) is 23.5. The van der Waals surface area contributed by atoms with E-state index in [1.165, 1.54) is 0 Å². The second kappa shape index (κ2) is 6.84. The molecule has 3 rings (SSSR count). The Bertz CT molecular complexity index is 928. The number of pyridine rings is 2. The number of hydrogen-bond acceptors (Lipinski definition) is 6. The van der Waals surface area contributed by atoms with Crippen LogP contribution in [0.15, 0.2) is 54.2 Å². The fourth-order valence-corrected chi connectivity index (χ4v) is 2.39. The van der Waals surface area contributed by atoms with E-state index in [-0.39, 0.29) is 0 Å². The lowest BCUT2D eigenvalue weighted by Crippen LogP contribution is -2.16. The van der Waals surface area contributed by atoms with Crippen molar-refractivity contribution in [3.63, 3.8) is 0 Å². The molecule has 7 nitrogen and oxygen atoms in total. The maximum absolute atomic E-state index is 10.9. The monoisotopic (exact) mass is 320 g/mol. The first kappa shape index (κ1) is 15.6. The zero-order valence-electron chi connectivity index (χ0n) is 12.9. The van der Waals surface area contributed by atoms with Gasteiger partial charge in [0.15, 0.2) is 6.29 Å². The Labute approximate surface area is 138 Å². The molecule has 0 aliphatic carbocycles. The van der Waals surface area contributed by atoms with Gasteiger partial charge in [-0.3, -0.25) is 19.3 Å². The Hall–Kier alpha value is -3.32. The van der Waals surface area contributed by atoms with Crippen LogP contribution in [-0.4, -0.2) is 34.2 Å². The average Bonchev–Trinajstić information content (AvgIpc) is 3.05. The van der Waals surface area contributed by atoms with Crippen LogP contribution >= 0.6 is 0 Å². The number of rotatable bonds is 6. The van der Waals surface area contributed by atoms with Crippen LogP contribution in [0.3, 0.4) is 0 Å². The van der Waals surface area contributed by atoms with Gasteiger partial charge in [0.1, 0.15) is 5.65 Å². The van der Waals surface area contributed by atoms with Crippen LogP contribution in [0.2, 0.25) is 0 Å². The molecule has 0 aliphatic heterocycles. The van der Waals surface area contributed by atoms with Crippen molar-refractivity contribution in [2.75, 3.05) is 6.67 Å². The van der Waals surface area contributed by atoms with Crippen LogP contribution < -0.4 is 11.1 Å². The van der Waals surface area contributed by atoms with Crippen LogP contribution in [0.5, 0.6) is 0 Å². The summed E-state index contributed by atoms with van der Waals surface area (Å²) in [6.07, 6.45) is 9.33. The predicted octanol–water partition coefficient (Wildman–Crippen LogP) is 1.74. The van der Waals surface area contributed by atoms with Crippen molar-refractivity contribution in [3.05, 3.63) is 60.3 Å². The molecule has 0 atom stereocenters. The minimum Gasteiger partial charge on any atom is -0.377 e. The lowest BCUT2D eigenvalue weighted by Gasteiger charge is -2.08. The maximum atomic E-state index is 10.9. The third-order valence-corrected chi connectivity index (χ3v) is 3.51. The van der Waals surface area contributed by atoms with Gasteiger partial charge in [-0.1, -0.05) is 0 Å². The second-order valence-corrected chi connectivity index (χ2v) is 5.01. The minimum absolute atomic E-state index is 0.303. The summed E-state index contributed by atoms with van der Waals surface area (Å²) in [5, 5.41) is 3.78. The number of fused-ring (bicyclic) bond motifs is 1. The van der Waals surface area contributed by atoms with Gasteiger partial charge in [-0.15, -0.1) is 0 Å². The quantitative estimate of drug-likeness (QED) is 0.409. The van der Waals surface area contributed by atoms with Crippen molar-refractivity contribution in [2.45, 2.75) is 0 Å². The third kappa shape index (κ3) is 2.92. The summed E-state index contributed by atoms with van der Waals surface area (Å²) in [5.74, 6) is 0. The van der Waals surface area contributed by atoms with Gasteiger partial charge in [0.2, 0.25) is 0 Å². The number of nitrogens with zero attached hydrogens (tertiary/aromatic N) is 4. The molecule has 0 spiro atoms. The summed E-state index contributed by atoms with van der Waals surface area (Å²) in [6.45, 7) is 3.88. The van der Waals surface area contributed by atoms with Crippen LogP contribution in [0.25, 0.3) is 22.4 Å². The molecule has 120 valence electrons. The molecule has 0 bridgehead atoms. The van der Waals surface area contributed by atoms with Crippen molar-refractivity contribution in [1.82, 2.24) is 19.9 Å². The van der Waals surface area contributed by atoms with Crippen LogP contribution in [0, 0.1) is 0 Å². The van der Waals surface area contributed by atoms with Crippen molar-refractivity contribution in [1.29, 1.82) is 0 Å². The van der Waals surface area contributed by atoms with E-state index >= 15 is 0 Å². The second-order valence-electron chi connectivity index (χ2n) is 5.01. The topological polar surface area (TPSA) is 98.2 Å². The molecular weight excluding hydrogens is 304 g/mol. The molecule has 3 aromatic heterocycles. The SMILES string of the molecule is C=N/C(=C\NCN)c1cncc(-n2ccc3cc(C=O)cnc32)c1. The molecule has 0 aromatic carbocycles. The van der Waals surface area contributed by atoms with E-state index < -0.39 is 0 Å². The van der Waals surface area contributed by atoms with Crippen molar-refractivity contribution in [3.8, 4) is 5.69 Å². The fourth-order valence-electron chi connectivity index (χ4n) is 2.39. The zero-order chi connectivity index (χ0) is 16.9. The molecule has 0 amide bonds. The molecule has 0 radical (unpaired) electrons. The number of aldehydes is 1. The number of aliphatic imine (C=N–C) groups is 1. The van der Waals surface area contributed by atoms with E-state index in [9.17, 15) is 4.79 Å². The number of carbonyl (C=O) groups excluding carboxylic acids is 1. The van der Waals surface area contributed by atoms with Gasteiger partial charge in [0, 0.05) is 41.3 Å². The molecule has 3 aromatic rings. The Kier molecular flexibility index (Phi) is 4.44. The molecule has 0 fully saturated rings. The number of carbonyl (C=O) groups is 1. The zero-order valence-corrected chi connectivity index (χ0v) is 12.9. The van der Waals surface area contributed by atoms with E-state index in [1.807, 2.05) is 22.9 Å². The van der Waals surface area contributed by atoms with Crippen molar-refractivity contribution < 1.29 is 4.79 Å². The van der Waals surface area contributed by atoms with E-state index in [4.69, 9.17) is 5.73 Å². The predicted molar refractivity (Wildman–Crippen MR) is 94.0 cm³/mol. The van der Waals surface area contributed by atoms with Crippen molar-refractivity contribution >= 4 is 29.7 Å². The summed E-state index contributed by atoms with van der Waals surface area (Å²) >= 11 is 0. The fraction of sp³-hybridized carbons (Fsp3) is 0.0588. The summed E-state index contributed by atoms with van der Waals surface area (Å²) in [6, 6.07) is 5.63. The smallest absolute Gasteiger partial charge is 0.151 e. The van der Waals surface area contributed by atoms with Gasteiger partial charge in [-0.05, 0) is 24.9 Å². The van der Waals surface area contributed by atoms with E-state index in [0.717, 1.165) is 28.6 Å². The Morgan fingerprint density at radius 3 is 3.00 bits per heavy atom. The first-order chi connectivity index (χ1) is 11.8. The van der Waals surface area contributed by atoms with Gasteiger partial charge in [-0.25, -0.2) is 4.98 Å². The lowest BCUT2D eigenvalue weighted by atomic mass is 10.2. The molecule has 3 N–H and O–H groups in total. The van der Waals surface area contributed by atoms with Gasteiger partial charge in [-0.2, -0.15) is 0 Å². The molecular formula is C17H16N6O. The highest BCUT2D eigenvalue weighted by atomic mass is 16.1. The van der Waals surface area contributed by atoms with E-state index in [0.29, 0.717) is 17.9 Å². The molecule has 3 heterocycles. The summed E-state index contributed by atoms with van der Waals surface area (Å²) in [7, 11) is 0. The third-order valence-electron chi connectivity index (χ3n) is 3.51. The molecule has 24 heavy (non-hydrogen) atoms. The van der Waals surface area contributed by atoms with Gasteiger partial charge in [0.25, 0.3) is 0 Å². The van der Waals surface area contributed by atoms with Gasteiger partial charge < -0.3 is 11.1 Å². The number of nitrogens with one attached hydrogen (secondary N) is 1. The normalized spacial score (nSPS) is 11.5. The Balaban J connectivity index is 2.06. The number of hydrogen-bond donors (Lipinski definition) is 2. The first-order valence-electron chi connectivity index (χ1n) is 7.25. The van der Waals surface area contributed by atoms with Gasteiger partial charge >= 0.3 is 0 Å². The van der Waals surface area contributed by atoms with E-state index in [2.05, 4.69) is 27.0 Å². The molecule has 0 aliphatic rings. The van der Waals surface area contributed by atoms with Crippen LogP contribution in [0.4, 0.5) is 0 Å². The summed E-state index contributed by atoms with van der Waals surface area (Å²) < 4.78 is 1.90. The Morgan fingerprint density at radius 1 is 1.38 bits per heavy atom. The van der Waals surface area contributed by atoms with E-state index in [1.54, 1.807) is 30.9 Å². The Morgan fingerprint density at radius 2 is 2.25 bits per heavy atom. The average molecular weight is 320 g/mol.